The predicted molar refractivity (Wildman–Crippen MR) is 92.7 cm³/mol. The number of carbonyl (C=O) groups is 2. The Bertz CT molecular complexity index is 617. The van der Waals surface area contributed by atoms with Crippen molar-refractivity contribution in [2.45, 2.75) is 4.90 Å². The summed E-state index contributed by atoms with van der Waals surface area (Å²) in [5.74, 6) is -0.919. The lowest BCUT2D eigenvalue weighted by molar-refractivity contribution is -0.387. The van der Waals surface area contributed by atoms with Crippen LogP contribution in [0.5, 0.6) is 0 Å². The lowest BCUT2D eigenvalue weighted by Gasteiger charge is -2.21. The van der Waals surface area contributed by atoms with Gasteiger partial charge in [-0.3, -0.25) is 19.7 Å². The molecule has 1 aromatic rings. The molecule has 9 nitrogen and oxygen atoms in total. The minimum atomic E-state index is -0.749. The van der Waals surface area contributed by atoms with Gasteiger partial charge >= 0.3 is 0 Å². The fourth-order valence-electron chi connectivity index (χ4n) is 1.93. The number of nitrogens with two attached hydrogens (primary N) is 1. The lowest BCUT2D eigenvalue weighted by Crippen LogP contribution is -2.37. The van der Waals surface area contributed by atoms with Gasteiger partial charge < -0.3 is 20.1 Å². The second kappa shape index (κ2) is 10.6. The van der Waals surface area contributed by atoms with Crippen LogP contribution in [0.1, 0.15) is 10.4 Å². The van der Waals surface area contributed by atoms with E-state index in [-0.39, 0.29) is 22.9 Å². The summed E-state index contributed by atoms with van der Waals surface area (Å²) in [6.07, 6.45) is 0. The number of primary amides is 1. The Labute approximate surface area is 149 Å². The van der Waals surface area contributed by atoms with Gasteiger partial charge in [0.2, 0.25) is 11.8 Å². The van der Waals surface area contributed by atoms with E-state index in [4.69, 9.17) is 15.2 Å². The lowest BCUT2D eigenvalue weighted by atomic mass is 10.2. The van der Waals surface area contributed by atoms with E-state index in [1.807, 2.05) is 0 Å². The summed E-state index contributed by atoms with van der Waals surface area (Å²) >= 11 is 1.03. The van der Waals surface area contributed by atoms with Gasteiger partial charge in [-0.2, -0.15) is 0 Å². The quantitative estimate of drug-likeness (QED) is 0.348. The predicted octanol–water partition coefficient (Wildman–Crippen LogP) is 0.907. The number of rotatable bonds is 11. The summed E-state index contributed by atoms with van der Waals surface area (Å²) in [7, 11) is 3.08. The number of benzene rings is 1. The molecule has 0 heterocycles. The fourth-order valence-corrected chi connectivity index (χ4v) is 2.84. The second-order valence-corrected chi connectivity index (χ2v) is 5.98. The number of hydrogen-bond donors (Lipinski definition) is 1. The summed E-state index contributed by atoms with van der Waals surface area (Å²) < 4.78 is 9.95. The maximum Gasteiger partial charge on any atom is 0.283 e. The van der Waals surface area contributed by atoms with Crippen LogP contribution in [0.4, 0.5) is 5.69 Å². The Morgan fingerprint density at radius 2 is 1.84 bits per heavy atom. The molecule has 0 radical (unpaired) electrons. The zero-order valence-corrected chi connectivity index (χ0v) is 14.9. The molecule has 0 fully saturated rings. The summed E-state index contributed by atoms with van der Waals surface area (Å²) in [6, 6.07) is 3.93. The summed E-state index contributed by atoms with van der Waals surface area (Å²) in [6.45, 7) is 1.57. The van der Waals surface area contributed by atoms with Crippen LogP contribution in [-0.4, -0.2) is 67.9 Å². The van der Waals surface area contributed by atoms with Crippen LogP contribution >= 0.6 is 11.8 Å². The molecule has 0 aliphatic rings. The molecule has 0 spiro atoms. The van der Waals surface area contributed by atoms with Gasteiger partial charge in [0.25, 0.3) is 5.69 Å². The standard InChI is InChI=1S/C15H21N3O6S/c1-23-7-5-17(6-8-24-2)14(19)10-25-13-4-3-11(15(16)20)9-12(13)18(21)22/h3-4,9H,5-8,10H2,1-2H3,(H2,16,20). The van der Waals surface area contributed by atoms with Crippen molar-refractivity contribution >= 4 is 29.3 Å². The largest absolute Gasteiger partial charge is 0.383 e. The molecule has 2 N–H and O–H groups in total. The highest BCUT2D eigenvalue weighted by molar-refractivity contribution is 8.00. The molecule has 138 valence electrons. The van der Waals surface area contributed by atoms with Crippen molar-refractivity contribution in [3.8, 4) is 0 Å². The normalized spacial score (nSPS) is 10.5. The molecule has 1 aromatic carbocycles. The summed E-state index contributed by atoms with van der Waals surface area (Å²) in [5.41, 5.74) is 4.93. The minimum Gasteiger partial charge on any atom is -0.383 e. The monoisotopic (exact) mass is 371 g/mol. The Morgan fingerprint density at radius 1 is 1.24 bits per heavy atom. The van der Waals surface area contributed by atoms with E-state index < -0.39 is 10.8 Å². The highest BCUT2D eigenvalue weighted by Gasteiger charge is 2.20. The van der Waals surface area contributed by atoms with Gasteiger partial charge in [-0.05, 0) is 12.1 Å². The number of nitrogens with zero attached hydrogens (tertiary/aromatic N) is 2. The van der Waals surface area contributed by atoms with Gasteiger partial charge in [0, 0.05) is 38.9 Å². The Kier molecular flexibility index (Phi) is 8.89. The summed E-state index contributed by atoms with van der Waals surface area (Å²) in [4.78, 5) is 35.9. The van der Waals surface area contributed by atoms with Gasteiger partial charge in [0.15, 0.2) is 0 Å². The Hall–Kier alpha value is -2.17. The van der Waals surface area contributed by atoms with Crippen molar-refractivity contribution in [3.63, 3.8) is 0 Å². The van der Waals surface area contributed by atoms with Crippen molar-refractivity contribution in [3.05, 3.63) is 33.9 Å². The maximum atomic E-state index is 12.3. The molecule has 0 aliphatic heterocycles. The van der Waals surface area contributed by atoms with E-state index in [1.165, 1.54) is 26.4 Å². The SMILES string of the molecule is COCCN(CCOC)C(=O)CSc1ccc(C(N)=O)cc1[N+](=O)[O-]. The van der Waals surface area contributed by atoms with Crippen LogP contribution in [0.2, 0.25) is 0 Å². The highest BCUT2D eigenvalue weighted by atomic mass is 32.2. The van der Waals surface area contributed by atoms with Crippen molar-refractivity contribution in [2.24, 2.45) is 5.73 Å². The van der Waals surface area contributed by atoms with E-state index in [0.717, 1.165) is 17.8 Å². The number of ether oxygens (including phenoxy) is 2. The van der Waals surface area contributed by atoms with Crippen LogP contribution in [-0.2, 0) is 14.3 Å². The third kappa shape index (κ3) is 6.69. The van der Waals surface area contributed by atoms with E-state index in [9.17, 15) is 19.7 Å². The zero-order chi connectivity index (χ0) is 18.8. The number of nitro benzene ring substituents is 1. The average molecular weight is 371 g/mol. The van der Waals surface area contributed by atoms with Gasteiger partial charge in [-0.25, -0.2) is 0 Å². The molecule has 10 heteroatoms. The van der Waals surface area contributed by atoms with Crippen LogP contribution in [0.3, 0.4) is 0 Å². The van der Waals surface area contributed by atoms with Gasteiger partial charge in [-0.15, -0.1) is 11.8 Å². The number of nitro groups is 1. The number of methoxy groups -OCH3 is 2. The van der Waals surface area contributed by atoms with Crippen molar-refractivity contribution in [1.29, 1.82) is 0 Å². The third-order valence-corrected chi connectivity index (χ3v) is 4.32. The van der Waals surface area contributed by atoms with Crippen molar-refractivity contribution in [1.82, 2.24) is 4.90 Å². The molecule has 0 aliphatic carbocycles. The van der Waals surface area contributed by atoms with Crippen LogP contribution in [0.15, 0.2) is 23.1 Å². The van der Waals surface area contributed by atoms with E-state index in [0.29, 0.717) is 31.2 Å². The first-order chi connectivity index (χ1) is 11.9. The number of carbonyl (C=O) groups excluding carboxylic acids is 2. The second-order valence-electron chi connectivity index (χ2n) is 4.96. The van der Waals surface area contributed by atoms with E-state index in [1.54, 1.807) is 4.90 Å². The first-order valence-electron chi connectivity index (χ1n) is 7.37. The first kappa shape index (κ1) is 20.9. The molecule has 0 unspecified atom stereocenters. The smallest absolute Gasteiger partial charge is 0.283 e. The molecule has 0 aromatic heterocycles. The molecule has 2 amide bonds. The third-order valence-electron chi connectivity index (χ3n) is 3.27. The number of thioether (sulfide) groups is 1. The zero-order valence-electron chi connectivity index (χ0n) is 14.1. The maximum absolute atomic E-state index is 12.3. The van der Waals surface area contributed by atoms with Crippen LogP contribution in [0, 0.1) is 10.1 Å². The number of hydrogen-bond acceptors (Lipinski definition) is 7. The Morgan fingerprint density at radius 3 is 2.32 bits per heavy atom. The fraction of sp³-hybridized carbons (Fsp3) is 0.467. The molecule has 1 rings (SSSR count). The molecular weight excluding hydrogens is 350 g/mol. The molecule has 0 saturated carbocycles. The van der Waals surface area contributed by atoms with Crippen LogP contribution in [0.25, 0.3) is 0 Å². The molecule has 25 heavy (non-hydrogen) atoms. The summed E-state index contributed by atoms with van der Waals surface area (Å²) in [5, 5.41) is 11.2. The van der Waals surface area contributed by atoms with Crippen LogP contribution < -0.4 is 5.73 Å². The van der Waals surface area contributed by atoms with Gasteiger partial charge in [-0.1, -0.05) is 0 Å². The van der Waals surface area contributed by atoms with E-state index in [2.05, 4.69) is 0 Å². The van der Waals surface area contributed by atoms with Crippen molar-refractivity contribution in [2.75, 3.05) is 46.3 Å². The van der Waals surface area contributed by atoms with Crippen molar-refractivity contribution < 1.29 is 24.0 Å². The average Bonchev–Trinajstić information content (AvgIpc) is 2.59. The number of amides is 2. The van der Waals surface area contributed by atoms with Gasteiger partial charge in [0.1, 0.15) is 0 Å². The molecule has 0 atom stereocenters. The molecular formula is C15H21N3O6S. The molecule has 0 bridgehead atoms. The first-order valence-corrected chi connectivity index (χ1v) is 8.36. The highest BCUT2D eigenvalue weighted by Crippen LogP contribution is 2.30. The minimum absolute atomic E-state index is 0.0180. The topological polar surface area (TPSA) is 125 Å². The van der Waals surface area contributed by atoms with Gasteiger partial charge in [0.05, 0.1) is 28.8 Å². The molecule has 0 saturated heterocycles. The Balaban J connectivity index is 2.81. The van der Waals surface area contributed by atoms with E-state index >= 15 is 0 Å².